The summed E-state index contributed by atoms with van der Waals surface area (Å²) in [5, 5.41) is 9.24. The van der Waals surface area contributed by atoms with Gasteiger partial charge in [-0.05, 0) is 17.7 Å². The molecule has 0 aromatic heterocycles. The molecule has 1 nitrogen and oxygen atoms in total. The lowest BCUT2D eigenvalue weighted by molar-refractivity contribution is -0.137. The Morgan fingerprint density at radius 2 is 1.63 bits per heavy atom. The second kappa shape index (κ2) is 4.74. The summed E-state index contributed by atoms with van der Waals surface area (Å²) < 4.78 is 51.7. The molecule has 19 heavy (non-hydrogen) atoms. The first-order chi connectivity index (χ1) is 8.80. The Hall–Kier alpha value is -1.75. The second-order valence-electron chi connectivity index (χ2n) is 3.83. The zero-order valence-corrected chi connectivity index (χ0v) is 10.1. The highest BCUT2D eigenvalue weighted by atomic mass is 35.5. The maximum absolute atomic E-state index is 13.1. The molecular weight excluding hydrogens is 284 g/mol. The summed E-state index contributed by atoms with van der Waals surface area (Å²) in [6.45, 7) is 0. The van der Waals surface area contributed by atoms with Crippen LogP contribution in [0, 0.1) is 5.82 Å². The number of aromatic hydroxyl groups is 1. The van der Waals surface area contributed by atoms with Gasteiger partial charge in [0.2, 0.25) is 0 Å². The van der Waals surface area contributed by atoms with Crippen LogP contribution in [0.25, 0.3) is 11.1 Å². The van der Waals surface area contributed by atoms with Crippen molar-refractivity contribution >= 4 is 11.6 Å². The molecule has 2 aromatic rings. The predicted molar refractivity (Wildman–Crippen MR) is 63.5 cm³/mol. The van der Waals surface area contributed by atoms with Crippen LogP contribution in [-0.2, 0) is 6.18 Å². The van der Waals surface area contributed by atoms with E-state index in [0.29, 0.717) is 6.07 Å². The van der Waals surface area contributed by atoms with E-state index in [4.69, 9.17) is 11.6 Å². The molecule has 100 valence electrons. The minimum absolute atomic E-state index is 0.167. The van der Waals surface area contributed by atoms with E-state index in [1.165, 1.54) is 18.2 Å². The Morgan fingerprint density at radius 3 is 2.26 bits per heavy atom. The second-order valence-corrected chi connectivity index (χ2v) is 4.23. The number of halogens is 5. The van der Waals surface area contributed by atoms with Gasteiger partial charge in [-0.2, -0.15) is 13.2 Å². The van der Waals surface area contributed by atoms with Gasteiger partial charge in [0.1, 0.15) is 11.6 Å². The van der Waals surface area contributed by atoms with Gasteiger partial charge in [-0.1, -0.05) is 29.8 Å². The molecule has 0 radical (unpaired) electrons. The quantitative estimate of drug-likeness (QED) is 0.743. The van der Waals surface area contributed by atoms with E-state index in [1.54, 1.807) is 0 Å². The first-order valence-corrected chi connectivity index (χ1v) is 5.53. The molecule has 0 aliphatic heterocycles. The molecule has 0 unspecified atom stereocenters. The smallest absolute Gasteiger partial charge is 0.417 e. The highest BCUT2D eigenvalue weighted by Crippen LogP contribution is 2.41. The topological polar surface area (TPSA) is 20.2 Å². The third kappa shape index (κ3) is 2.66. The Labute approximate surface area is 111 Å². The van der Waals surface area contributed by atoms with Crippen molar-refractivity contribution in [3.05, 3.63) is 52.8 Å². The summed E-state index contributed by atoms with van der Waals surface area (Å²) in [5.74, 6) is -1.49. The fourth-order valence-corrected chi connectivity index (χ4v) is 1.88. The summed E-state index contributed by atoms with van der Waals surface area (Å²) in [6.07, 6.45) is -4.58. The monoisotopic (exact) mass is 290 g/mol. The van der Waals surface area contributed by atoms with Crippen molar-refractivity contribution < 1.29 is 22.7 Å². The van der Waals surface area contributed by atoms with Crippen LogP contribution in [-0.4, -0.2) is 5.11 Å². The molecule has 0 atom stereocenters. The van der Waals surface area contributed by atoms with E-state index in [9.17, 15) is 22.7 Å². The molecule has 2 rings (SSSR count). The maximum atomic E-state index is 13.1. The molecule has 0 saturated heterocycles. The average Bonchev–Trinajstić information content (AvgIpc) is 2.33. The van der Waals surface area contributed by atoms with Crippen molar-refractivity contribution in [2.75, 3.05) is 0 Å². The Kier molecular flexibility index (Phi) is 3.41. The van der Waals surface area contributed by atoms with E-state index in [2.05, 4.69) is 0 Å². The molecule has 2 aromatic carbocycles. The zero-order valence-electron chi connectivity index (χ0n) is 9.30. The summed E-state index contributed by atoms with van der Waals surface area (Å²) in [7, 11) is 0. The van der Waals surface area contributed by atoms with Crippen LogP contribution >= 0.6 is 11.6 Å². The van der Waals surface area contributed by atoms with Crippen molar-refractivity contribution in [1.29, 1.82) is 0 Å². The maximum Gasteiger partial charge on any atom is 0.417 e. The minimum Gasteiger partial charge on any atom is -0.507 e. The number of hydrogen-bond acceptors (Lipinski definition) is 1. The van der Waals surface area contributed by atoms with Crippen LogP contribution in [0.1, 0.15) is 5.56 Å². The molecule has 0 spiro atoms. The third-order valence-electron chi connectivity index (χ3n) is 2.56. The van der Waals surface area contributed by atoms with Crippen LogP contribution in [0.15, 0.2) is 36.4 Å². The van der Waals surface area contributed by atoms with Gasteiger partial charge >= 0.3 is 6.18 Å². The molecule has 6 heteroatoms. The van der Waals surface area contributed by atoms with Crippen molar-refractivity contribution in [2.24, 2.45) is 0 Å². The lowest BCUT2D eigenvalue weighted by atomic mass is 9.98. The van der Waals surface area contributed by atoms with Crippen molar-refractivity contribution in [2.45, 2.75) is 6.18 Å². The van der Waals surface area contributed by atoms with Crippen LogP contribution in [0.5, 0.6) is 5.75 Å². The van der Waals surface area contributed by atoms with Gasteiger partial charge in [-0.15, -0.1) is 0 Å². The molecular formula is C13H7ClF4O. The lowest BCUT2D eigenvalue weighted by Crippen LogP contribution is -2.06. The number of rotatable bonds is 1. The van der Waals surface area contributed by atoms with E-state index in [-0.39, 0.29) is 16.1 Å². The van der Waals surface area contributed by atoms with E-state index < -0.39 is 23.3 Å². The van der Waals surface area contributed by atoms with Crippen LogP contribution in [0.4, 0.5) is 17.6 Å². The van der Waals surface area contributed by atoms with Gasteiger partial charge in [0, 0.05) is 11.6 Å². The molecule has 0 amide bonds. The van der Waals surface area contributed by atoms with Gasteiger partial charge in [-0.25, -0.2) is 4.39 Å². The largest absolute Gasteiger partial charge is 0.507 e. The summed E-state index contributed by atoms with van der Waals surface area (Å²) in [4.78, 5) is 0. The number of phenols is 1. The number of hydrogen-bond donors (Lipinski definition) is 1. The van der Waals surface area contributed by atoms with Gasteiger partial charge in [0.25, 0.3) is 0 Å². The van der Waals surface area contributed by atoms with Gasteiger partial charge in [-0.3, -0.25) is 0 Å². The Balaban J connectivity index is 2.70. The zero-order chi connectivity index (χ0) is 14.2. The number of benzene rings is 2. The molecule has 1 N–H and O–H groups in total. The van der Waals surface area contributed by atoms with Gasteiger partial charge in [0.05, 0.1) is 10.6 Å². The summed E-state index contributed by atoms with van der Waals surface area (Å²) in [6, 6.07) is 6.34. The predicted octanol–water partition coefficient (Wildman–Crippen LogP) is 4.87. The number of alkyl halides is 3. The van der Waals surface area contributed by atoms with Crippen LogP contribution < -0.4 is 0 Å². The molecule has 0 fully saturated rings. The molecule has 0 heterocycles. The summed E-state index contributed by atoms with van der Waals surface area (Å²) in [5.41, 5.74) is -1.35. The van der Waals surface area contributed by atoms with E-state index >= 15 is 0 Å². The van der Waals surface area contributed by atoms with E-state index in [0.717, 1.165) is 12.1 Å². The first kappa shape index (κ1) is 13.7. The van der Waals surface area contributed by atoms with Crippen LogP contribution in [0.3, 0.4) is 0 Å². The normalized spacial score (nSPS) is 11.6. The number of phenolic OH excluding ortho intramolecular Hbond substituents is 1. The van der Waals surface area contributed by atoms with Crippen molar-refractivity contribution in [1.82, 2.24) is 0 Å². The standard InChI is InChI=1S/C13H7ClF4O/c14-10-5-8(12(19)6-11(10)15)7-3-1-2-4-9(7)13(16,17)18/h1-6,19H. The third-order valence-corrected chi connectivity index (χ3v) is 2.85. The SMILES string of the molecule is Oc1cc(F)c(Cl)cc1-c1ccccc1C(F)(F)F. The fraction of sp³-hybridized carbons (Fsp3) is 0.0769. The first-order valence-electron chi connectivity index (χ1n) is 5.15. The van der Waals surface area contributed by atoms with Crippen molar-refractivity contribution in [3.63, 3.8) is 0 Å². The fourth-order valence-electron chi connectivity index (χ4n) is 1.72. The molecule has 0 bridgehead atoms. The Morgan fingerprint density at radius 1 is 1.00 bits per heavy atom. The highest BCUT2D eigenvalue weighted by Gasteiger charge is 2.33. The van der Waals surface area contributed by atoms with Crippen molar-refractivity contribution in [3.8, 4) is 16.9 Å². The van der Waals surface area contributed by atoms with Gasteiger partial charge in [0.15, 0.2) is 0 Å². The summed E-state index contributed by atoms with van der Waals surface area (Å²) >= 11 is 5.53. The lowest BCUT2D eigenvalue weighted by Gasteiger charge is -2.14. The Bertz CT molecular complexity index is 623. The minimum atomic E-state index is -4.58. The molecule has 0 aliphatic rings. The molecule has 0 aliphatic carbocycles. The van der Waals surface area contributed by atoms with Gasteiger partial charge < -0.3 is 5.11 Å². The van der Waals surface area contributed by atoms with Crippen LogP contribution in [0.2, 0.25) is 5.02 Å². The average molecular weight is 291 g/mol. The molecule has 0 saturated carbocycles. The highest BCUT2D eigenvalue weighted by molar-refractivity contribution is 6.31. The van der Waals surface area contributed by atoms with E-state index in [1.807, 2.05) is 0 Å².